The van der Waals surface area contributed by atoms with Crippen LogP contribution in [0.2, 0.25) is 5.02 Å². The van der Waals surface area contributed by atoms with Crippen molar-refractivity contribution >= 4 is 23.4 Å². The van der Waals surface area contributed by atoms with Gasteiger partial charge in [0.15, 0.2) is 0 Å². The highest BCUT2D eigenvalue weighted by Crippen LogP contribution is 2.20. The van der Waals surface area contributed by atoms with E-state index in [9.17, 15) is 9.59 Å². The lowest BCUT2D eigenvalue weighted by Gasteiger charge is -2.32. The Hall–Kier alpha value is -3.31. The molecule has 0 bridgehead atoms. The van der Waals surface area contributed by atoms with Gasteiger partial charge in [-0.15, -0.1) is 0 Å². The van der Waals surface area contributed by atoms with Crippen molar-refractivity contribution in [1.82, 2.24) is 10.2 Å². The van der Waals surface area contributed by atoms with Gasteiger partial charge < -0.3 is 15.0 Å². The first-order valence-corrected chi connectivity index (χ1v) is 12.4. The highest BCUT2D eigenvalue weighted by atomic mass is 35.5. The second-order valence-electron chi connectivity index (χ2n) is 8.53. The second kappa shape index (κ2) is 13.5. The summed E-state index contributed by atoms with van der Waals surface area (Å²) in [6, 6.07) is 24.0. The minimum absolute atomic E-state index is 0.137. The fourth-order valence-corrected chi connectivity index (χ4v) is 4.16. The number of nitrogens with zero attached hydrogens (tertiary/aromatic N) is 1. The molecule has 1 N–H and O–H groups in total. The normalized spacial score (nSPS) is 11.5. The molecule has 0 radical (unpaired) electrons. The molecule has 35 heavy (non-hydrogen) atoms. The summed E-state index contributed by atoms with van der Waals surface area (Å²) >= 11 is 6.16. The summed E-state index contributed by atoms with van der Waals surface area (Å²) in [6.45, 7) is 2.95. The number of carbonyl (C=O) groups is 2. The zero-order chi connectivity index (χ0) is 25.0. The Bertz CT molecular complexity index is 1100. The number of benzene rings is 3. The van der Waals surface area contributed by atoms with Gasteiger partial charge in [-0.3, -0.25) is 9.59 Å². The molecule has 0 fully saturated rings. The summed E-state index contributed by atoms with van der Waals surface area (Å²) in [5, 5.41) is 3.62. The molecule has 0 heterocycles. The molecule has 0 aliphatic heterocycles. The molecule has 3 aromatic rings. The fraction of sp³-hybridized carbons (Fsp3) is 0.310. The van der Waals surface area contributed by atoms with Gasteiger partial charge in [-0.05, 0) is 47.4 Å². The smallest absolute Gasteiger partial charge is 0.243 e. The van der Waals surface area contributed by atoms with Gasteiger partial charge in [-0.2, -0.15) is 0 Å². The summed E-state index contributed by atoms with van der Waals surface area (Å²) in [4.78, 5) is 28.8. The lowest BCUT2D eigenvalue weighted by atomic mass is 10.0. The zero-order valence-electron chi connectivity index (χ0n) is 20.4. The van der Waals surface area contributed by atoms with Gasteiger partial charge in [0, 0.05) is 24.5 Å². The Morgan fingerprint density at radius 3 is 2.37 bits per heavy atom. The largest absolute Gasteiger partial charge is 0.497 e. The lowest BCUT2D eigenvalue weighted by Crippen LogP contribution is -2.51. The number of hydrogen-bond donors (Lipinski definition) is 1. The van der Waals surface area contributed by atoms with Crippen molar-refractivity contribution in [2.24, 2.45) is 0 Å². The number of amides is 2. The maximum atomic E-state index is 13.7. The molecule has 0 spiro atoms. The van der Waals surface area contributed by atoms with Gasteiger partial charge in [-0.25, -0.2) is 0 Å². The average molecular weight is 493 g/mol. The molecular weight excluding hydrogens is 460 g/mol. The highest BCUT2D eigenvalue weighted by Gasteiger charge is 2.30. The van der Waals surface area contributed by atoms with E-state index in [4.69, 9.17) is 16.3 Å². The van der Waals surface area contributed by atoms with E-state index in [1.54, 1.807) is 24.1 Å². The number of hydrogen-bond acceptors (Lipinski definition) is 3. The summed E-state index contributed by atoms with van der Waals surface area (Å²) < 4.78 is 5.38. The highest BCUT2D eigenvalue weighted by molar-refractivity contribution is 6.30. The summed E-state index contributed by atoms with van der Waals surface area (Å²) in [5.41, 5.74) is 2.69. The van der Waals surface area contributed by atoms with Gasteiger partial charge in [0.05, 0.1) is 13.5 Å². The number of halogens is 1. The second-order valence-corrected chi connectivity index (χ2v) is 8.97. The van der Waals surface area contributed by atoms with E-state index in [1.807, 2.05) is 66.7 Å². The SMILES string of the molecule is CCCCNC(=O)C(Cc1ccccc1)N(Cc1cccc(OC)c1)C(=O)Cc1cccc(Cl)c1. The molecular formula is C29H33ClN2O3. The van der Waals surface area contributed by atoms with Gasteiger partial charge in [0.2, 0.25) is 11.8 Å². The standard InChI is InChI=1S/C29H33ClN2O3/c1-3-4-16-31-29(34)27(19-22-10-6-5-7-11-22)32(21-24-13-9-15-26(18-24)35-2)28(33)20-23-12-8-14-25(30)17-23/h5-15,17-18,27H,3-4,16,19-21H2,1-2H3,(H,31,34). The molecule has 0 saturated carbocycles. The fourth-order valence-electron chi connectivity index (χ4n) is 3.95. The van der Waals surface area contributed by atoms with E-state index in [0.29, 0.717) is 23.7 Å². The van der Waals surface area contributed by atoms with E-state index >= 15 is 0 Å². The van der Waals surface area contributed by atoms with Crippen LogP contribution < -0.4 is 10.1 Å². The van der Waals surface area contributed by atoms with E-state index in [1.165, 1.54) is 0 Å². The van der Waals surface area contributed by atoms with Crippen molar-refractivity contribution in [2.45, 2.75) is 45.2 Å². The molecule has 0 saturated heterocycles. The van der Waals surface area contributed by atoms with E-state index < -0.39 is 6.04 Å². The van der Waals surface area contributed by atoms with Crippen LogP contribution in [0.3, 0.4) is 0 Å². The maximum Gasteiger partial charge on any atom is 0.243 e. The Labute approximate surface area is 213 Å². The Balaban J connectivity index is 1.95. The van der Waals surface area contributed by atoms with Crippen molar-refractivity contribution in [3.8, 4) is 5.75 Å². The van der Waals surface area contributed by atoms with Crippen molar-refractivity contribution in [1.29, 1.82) is 0 Å². The topological polar surface area (TPSA) is 58.6 Å². The Kier molecular flexibility index (Phi) is 10.2. The van der Waals surface area contributed by atoms with Gasteiger partial charge in [0.1, 0.15) is 11.8 Å². The molecule has 0 aliphatic rings. The van der Waals surface area contributed by atoms with Crippen LogP contribution in [0, 0.1) is 0 Å². The number of carbonyl (C=O) groups excluding carboxylic acids is 2. The third kappa shape index (κ3) is 8.15. The van der Waals surface area contributed by atoms with Crippen LogP contribution in [-0.4, -0.2) is 36.4 Å². The summed E-state index contributed by atoms with van der Waals surface area (Å²) in [5.74, 6) is 0.419. The molecule has 1 atom stereocenters. The predicted octanol–water partition coefficient (Wildman–Crippen LogP) is 5.45. The summed E-state index contributed by atoms with van der Waals surface area (Å²) in [7, 11) is 1.61. The number of nitrogens with one attached hydrogen (secondary N) is 1. The van der Waals surface area contributed by atoms with Crippen LogP contribution in [0.5, 0.6) is 5.75 Å². The van der Waals surface area contributed by atoms with E-state index in [0.717, 1.165) is 29.5 Å². The van der Waals surface area contributed by atoms with Crippen LogP contribution in [0.25, 0.3) is 0 Å². The molecule has 0 aromatic heterocycles. The van der Waals surface area contributed by atoms with Gasteiger partial charge in [-0.1, -0.05) is 79.5 Å². The quantitative estimate of drug-likeness (QED) is 0.342. The number of rotatable bonds is 12. The van der Waals surface area contributed by atoms with E-state index in [2.05, 4.69) is 12.2 Å². The predicted molar refractivity (Wildman–Crippen MR) is 141 cm³/mol. The molecule has 184 valence electrons. The van der Waals surface area contributed by atoms with Crippen molar-refractivity contribution in [3.63, 3.8) is 0 Å². The average Bonchev–Trinajstić information content (AvgIpc) is 2.87. The third-order valence-corrected chi connectivity index (χ3v) is 6.07. The van der Waals surface area contributed by atoms with Crippen LogP contribution in [0.1, 0.15) is 36.5 Å². The van der Waals surface area contributed by atoms with Crippen LogP contribution in [-0.2, 0) is 29.0 Å². The van der Waals surface area contributed by atoms with Gasteiger partial charge in [0.25, 0.3) is 0 Å². The van der Waals surface area contributed by atoms with E-state index in [-0.39, 0.29) is 24.8 Å². The number of ether oxygens (including phenoxy) is 1. The molecule has 3 rings (SSSR count). The third-order valence-electron chi connectivity index (χ3n) is 5.83. The Morgan fingerprint density at radius 2 is 1.66 bits per heavy atom. The number of methoxy groups -OCH3 is 1. The first-order valence-electron chi connectivity index (χ1n) is 12.0. The first-order chi connectivity index (χ1) is 17.0. The maximum absolute atomic E-state index is 13.7. The van der Waals surface area contributed by atoms with Crippen LogP contribution >= 0.6 is 11.6 Å². The Morgan fingerprint density at radius 1 is 0.943 bits per heavy atom. The molecule has 3 aromatic carbocycles. The van der Waals surface area contributed by atoms with Crippen molar-refractivity contribution in [2.75, 3.05) is 13.7 Å². The van der Waals surface area contributed by atoms with Crippen LogP contribution in [0.15, 0.2) is 78.9 Å². The summed E-state index contributed by atoms with van der Waals surface area (Å²) in [6.07, 6.45) is 2.43. The minimum atomic E-state index is -0.660. The molecule has 1 unspecified atom stereocenters. The van der Waals surface area contributed by atoms with Gasteiger partial charge >= 0.3 is 0 Å². The number of unbranched alkanes of at least 4 members (excludes halogenated alkanes) is 1. The monoisotopic (exact) mass is 492 g/mol. The molecule has 0 aliphatic carbocycles. The zero-order valence-corrected chi connectivity index (χ0v) is 21.1. The molecule has 6 heteroatoms. The first kappa shape index (κ1) is 26.3. The molecule has 2 amide bonds. The lowest BCUT2D eigenvalue weighted by molar-refractivity contribution is -0.140. The molecule has 5 nitrogen and oxygen atoms in total. The minimum Gasteiger partial charge on any atom is -0.497 e. The van der Waals surface area contributed by atoms with Crippen LogP contribution in [0.4, 0.5) is 0 Å². The van der Waals surface area contributed by atoms with Crippen molar-refractivity contribution < 1.29 is 14.3 Å². The van der Waals surface area contributed by atoms with Crippen molar-refractivity contribution in [3.05, 3.63) is 101 Å².